The van der Waals surface area contributed by atoms with Crippen molar-refractivity contribution >= 4 is 11.6 Å². The smallest absolute Gasteiger partial charge is 0.212 e. The molecule has 0 saturated carbocycles. The van der Waals surface area contributed by atoms with Crippen LogP contribution in [0.15, 0.2) is 42.6 Å². The Morgan fingerprint density at radius 2 is 1.55 bits per heavy atom. The molecular formula is C13H7ClFN5. The first-order valence-electron chi connectivity index (χ1n) is 5.68. The monoisotopic (exact) mass is 287 g/mol. The summed E-state index contributed by atoms with van der Waals surface area (Å²) < 4.78 is 12.7. The van der Waals surface area contributed by atoms with Crippen molar-refractivity contribution < 1.29 is 4.39 Å². The van der Waals surface area contributed by atoms with E-state index >= 15 is 0 Å². The molecule has 0 amide bonds. The number of rotatable bonds is 2. The highest BCUT2D eigenvalue weighted by Crippen LogP contribution is 2.23. The van der Waals surface area contributed by atoms with Gasteiger partial charge in [0.1, 0.15) is 0 Å². The lowest BCUT2D eigenvalue weighted by Crippen LogP contribution is -2.00. The first-order valence-corrected chi connectivity index (χ1v) is 6.06. The zero-order valence-corrected chi connectivity index (χ0v) is 10.8. The Hall–Kier alpha value is -2.47. The number of hydrogen-bond donors (Lipinski definition) is 0. The van der Waals surface area contributed by atoms with E-state index in [9.17, 15) is 4.39 Å². The topological polar surface area (TPSA) is 64.5 Å². The molecule has 2 aromatic heterocycles. The molecule has 0 saturated heterocycles. The Bertz CT molecular complexity index is 731. The Morgan fingerprint density at radius 1 is 0.850 bits per heavy atom. The van der Waals surface area contributed by atoms with Gasteiger partial charge in [-0.25, -0.2) is 4.98 Å². The van der Waals surface area contributed by atoms with Gasteiger partial charge in [0.25, 0.3) is 0 Å². The lowest BCUT2D eigenvalue weighted by molar-refractivity contribution is 0.584. The molecule has 20 heavy (non-hydrogen) atoms. The van der Waals surface area contributed by atoms with Crippen LogP contribution in [0.3, 0.4) is 0 Å². The fourth-order valence-electron chi connectivity index (χ4n) is 1.60. The normalized spacial score (nSPS) is 10.5. The predicted molar refractivity (Wildman–Crippen MR) is 71.3 cm³/mol. The van der Waals surface area contributed by atoms with E-state index in [4.69, 9.17) is 11.6 Å². The van der Waals surface area contributed by atoms with Crippen LogP contribution in [0.1, 0.15) is 0 Å². The number of hydrogen-bond acceptors (Lipinski definition) is 5. The summed E-state index contributed by atoms with van der Waals surface area (Å²) in [5.41, 5.74) is 1.19. The van der Waals surface area contributed by atoms with Crippen molar-refractivity contribution in [1.29, 1.82) is 0 Å². The van der Waals surface area contributed by atoms with Gasteiger partial charge in [0, 0.05) is 17.3 Å². The molecule has 0 atom stereocenters. The number of nitrogens with zero attached hydrogens (tertiary/aromatic N) is 5. The molecule has 0 aliphatic carbocycles. The molecule has 3 aromatic rings. The van der Waals surface area contributed by atoms with Crippen LogP contribution in [0.4, 0.5) is 4.39 Å². The molecule has 3 rings (SSSR count). The van der Waals surface area contributed by atoms with Gasteiger partial charge in [-0.15, -0.1) is 20.4 Å². The summed E-state index contributed by atoms with van der Waals surface area (Å²) in [5, 5.41) is 16.4. The van der Waals surface area contributed by atoms with Gasteiger partial charge in [-0.3, -0.25) is 0 Å². The van der Waals surface area contributed by atoms with E-state index in [1.807, 2.05) is 12.1 Å². The van der Waals surface area contributed by atoms with Crippen LogP contribution in [0.25, 0.3) is 22.8 Å². The van der Waals surface area contributed by atoms with E-state index in [2.05, 4.69) is 25.4 Å². The van der Waals surface area contributed by atoms with Gasteiger partial charge in [-0.1, -0.05) is 23.7 Å². The average molecular weight is 288 g/mol. The lowest BCUT2D eigenvalue weighted by Gasteiger charge is -2.02. The van der Waals surface area contributed by atoms with Crippen molar-refractivity contribution in [3.8, 4) is 22.8 Å². The summed E-state index contributed by atoms with van der Waals surface area (Å²) in [6.45, 7) is 0. The Labute approximate surface area is 118 Å². The van der Waals surface area contributed by atoms with Gasteiger partial charge < -0.3 is 0 Å². The quantitative estimate of drug-likeness (QED) is 0.678. The second-order valence-electron chi connectivity index (χ2n) is 3.90. The number of aromatic nitrogens is 5. The van der Waals surface area contributed by atoms with Gasteiger partial charge in [0.05, 0.1) is 5.02 Å². The minimum atomic E-state index is -0.567. The third-order valence-corrected chi connectivity index (χ3v) is 2.91. The van der Waals surface area contributed by atoms with Crippen LogP contribution >= 0.6 is 11.6 Å². The first-order chi connectivity index (χ1) is 9.74. The fourth-order valence-corrected chi connectivity index (χ4v) is 1.82. The second-order valence-corrected chi connectivity index (χ2v) is 4.30. The maximum Gasteiger partial charge on any atom is 0.212 e. The molecule has 7 heteroatoms. The number of pyridine rings is 1. The van der Waals surface area contributed by atoms with Crippen LogP contribution < -0.4 is 0 Å². The van der Waals surface area contributed by atoms with E-state index in [0.29, 0.717) is 22.0 Å². The Kier molecular flexibility index (Phi) is 3.30. The molecule has 0 radical (unpaired) electrons. The molecular weight excluding hydrogens is 281 g/mol. The van der Waals surface area contributed by atoms with E-state index in [0.717, 1.165) is 0 Å². The van der Waals surface area contributed by atoms with E-state index < -0.39 is 5.95 Å². The van der Waals surface area contributed by atoms with Crippen molar-refractivity contribution in [1.82, 2.24) is 25.4 Å². The number of halogens is 2. The first kappa shape index (κ1) is 12.6. The van der Waals surface area contributed by atoms with Gasteiger partial charge in [-0.2, -0.15) is 4.39 Å². The Balaban J connectivity index is 1.96. The number of benzene rings is 1. The molecule has 5 nitrogen and oxygen atoms in total. The summed E-state index contributed by atoms with van der Waals surface area (Å²) >= 11 is 6.05. The summed E-state index contributed by atoms with van der Waals surface area (Å²) in [4.78, 5) is 3.53. The standard InChI is InChI=1S/C13H7ClFN5/c14-10-4-2-1-3-9(10)13-19-17-12(18-20-13)8-5-6-11(15)16-7-8/h1-7H. The molecule has 0 fully saturated rings. The summed E-state index contributed by atoms with van der Waals surface area (Å²) in [7, 11) is 0. The highest BCUT2D eigenvalue weighted by Gasteiger charge is 2.09. The minimum Gasteiger partial charge on any atom is -0.228 e. The molecule has 1 aromatic carbocycles. The highest BCUT2D eigenvalue weighted by molar-refractivity contribution is 6.33. The lowest BCUT2D eigenvalue weighted by atomic mass is 10.2. The minimum absolute atomic E-state index is 0.272. The Morgan fingerprint density at radius 3 is 2.20 bits per heavy atom. The molecule has 0 bridgehead atoms. The molecule has 0 aliphatic heterocycles. The van der Waals surface area contributed by atoms with Crippen molar-refractivity contribution in [3.63, 3.8) is 0 Å². The summed E-state index contributed by atoms with van der Waals surface area (Å²) in [6, 6.07) is 9.88. The van der Waals surface area contributed by atoms with E-state index in [1.165, 1.54) is 18.3 Å². The molecule has 98 valence electrons. The van der Waals surface area contributed by atoms with Crippen LogP contribution in [-0.4, -0.2) is 25.4 Å². The highest BCUT2D eigenvalue weighted by atomic mass is 35.5. The van der Waals surface area contributed by atoms with Crippen LogP contribution in [-0.2, 0) is 0 Å². The SMILES string of the molecule is Fc1ccc(-c2nnc(-c3ccccc3Cl)nn2)cn1. The maximum atomic E-state index is 12.7. The summed E-state index contributed by atoms with van der Waals surface area (Å²) in [5.74, 6) is 0.0325. The fraction of sp³-hybridized carbons (Fsp3) is 0. The van der Waals surface area contributed by atoms with Crippen LogP contribution in [0.5, 0.6) is 0 Å². The average Bonchev–Trinajstić information content (AvgIpc) is 2.49. The molecule has 0 aliphatic rings. The van der Waals surface area contributed by atoms with Crippen molar-refractivity contribution in [2.24, 2.45) is 0 Å². The van der Waals surface area contributed by atoms with Crippen molar-refractivity contribution in [2.45, 2.75) is 0 Å². The van der Waals surface area contributed by atoms with Gasteiger partial charge >= 0.3 is 0 Å². The zero-order chi connectivity index (χ0) is 13.9. The third kappa shape index (κ3) is 2.46. The largest absolute Gasteiger partial charge is 0.228 e. The molecule has 2 heterocycles. The molecule has 0 N–H and O–H groups in total. The molecule has 0 spiro atoms. The zero-order valence-electron chi connectivity index (χ0n) is 10.0. The summed E-state index contributed by atoms with van der Waals surface area (Å²) in [6.07, 6.45) is 1.32. The predicted octanol–water partition coefficient (Wildman–Crippen LogP) is 2.79. The van der Waals surface area contributed by atoms with Crippen LogP contribution in [0.2, 0.25) is 5.02 Å². The van der Waals surface area contributed by atoms with Crippen molar-refractivity contribution in [3.05, 3.63) is 53.6 Å². The van der Waals surface area contributed by atoms with Crippen LogP contribution in [0, 0.1) is 5.95 Å². The van der Waals surface area contributed by atoms with Gasteiger partial charge in [0.15, 0.2) is 0 Å². The maximum absolute atomic E-state index is 12.7. The van der Waals surface area contributed by atoms with E-state index in [1.54, 1.807) is 12.1 Å². The molecule has 0 unspecified atom stereocenters. The third-order valence-electron chi connectivity index (χ3n) is 2.58. The van der Waals surface area contributed by atoms with E-state index in [-0.39, 0.29) is 5.82 Å². The van der Waals surface area contributed by atoms with Crippen molar-refractivity contribution in [2.75, 3.05) is 0 Å². The van der Waals surface area contributed by atoms with Gasteiger partial charge in [-0.05, 0) is 24.3 Å². The second kappa shape index (κ2) is 5.26. The van der Waals surface area contributed by atoms with Gasteiger partial charge in [0.2, 0.25) is 17.6 Å².